The van der Waals surface area contributed by atoms with Gasteiger partial charge in [-0.3, -0.25) is 0 Å². The summed E-state index contributed by atoms with van der Waals surface area (Å²) >= 11 is 2.04. The monoisotopic (exact) mass is 245 g/mol. The van der Waals surface area contributed by atoms with Crippen LogP contribution in [0.15, 0.2) is 0 Å². The van der Waals surface area contributed by atoms with E-state index >= 15 is 0 Å². The molecule has 3 heteroatoms. The van der Waals surface area contributed by atoms with Crippen LogP contribution in [0.2, 0.25) is 0 Å². The van der Waals surface area contributed by atoms with E-state index in [0.29, 0.717) is 10.8 Å². The first kappa shape index (κ1) is 14.3. The molecule has 1 heterocycles. The fraction of sp³-hybridized carbons (Fsp3) is 1.00. The number of ether oxygens (including phenoxy) is 1. The Labute approximate surface area is 105 Å². The predicted molar refractivity (Wildman–Crippen MR) is 73.2 cm³/mol. The van der Waals surface area contributed by atoms with Gasteiger partial charge < -0.3 is 10.1 Å². The Balaban J connectivity index is 2.07. The SMILES string of the molecule is C[C@@H](NCCSC(C)(C)C)C1CCOCC1. The molecule has 1 rings (SSSR count). The number of rotatable bonds is 5. The first-order valence-corrected chi connectivity index (χ1v) is 7.43. The topological polar surface area (TPSA) is 21.3 Å². The molecular weight excluding hydrogens is 218 g/mol. The van der Waals surface area contributed by atoms with Gasteiger partial charge in [-0.2, -0.15) is 11.8 Å². The van der Waals surface area contributed by atoms with Gasteiger partial charge in [-0.1, -0.05) is 20.8 Å². The van der Waals surface area contributed by atoms with E-state index in [4.69, 9.17) is 4.74 Å². The average molecular weight is 245 g/mol. The van der Waals surface area contributed by atoms with Crippen LogP contribution < -0.4 is 5.32 Å². The average Bonchev–Trinajstić information content (AvgIpc) is 2.24. The molecule has 1 aliphatic heterocycles. The molecule has 0 aliphatic carbocycles. The summed E-state index contributed by atoms with van der Waals surface area (Å²) < 4.78 is 5.78. The molecule has 0 aromatic rings. The smallest absolute Gasteiger partial charge is 0.0469 e. The number of hydrogen-bond donors (Lipinski definition) is 1. The minimum absolute atomic E-state index is 0.392. The van der Waals surface area contributed by atoms with Crippen molar-refractivity contribution in [2.75, 3.05) is 25.5 Å². The highest BCUT2D eigenvalue weighted by Gasteiger charge is 2.19. The molecule has 0 amide bonds. The molecule has 96 valence electrons. The zero-order chi connectivity index (χ0) is 12.0. The van der Waals surface area contributed by atoms with E-state index in [0.717, 1.165) is 25.7 Å². The zero-order valence-electron chi connectivity index (χ0n) is 11.2. The third-order valence-electron chi connectivity index (χ3n) is 3.08. The maximum absolute atomic E-state index is 5.39. The van der Waals surface area contributed by atoms with E-state index in [1.165, 1.54) is 18.6 Å². The molecule has 16 heavy (non-hydrogen) atoms. The van der Waals surface area contributed by atoms with E-state index < -0.39 is 0 Å². The molecule has 1 atom stereocenters. The Kier molecular flexibility index (Phi) is 6.16. The fourth-order valence-corrected chi connectivity index (χ4v) is 2.86. The molecule has 0 unspecified atom stereocenters. The van der Waals surface area contributed by atoms with Crippen molar-refractivity contribution in [3.63, 3.8) is 0 Å². The quantitative estimate of drug-likeness (QED) is 0.753. The zero-order valence-corrected chi connectivity index (χ0v) is 12.0. The minimum atomic E-state index is 0.392. The van der Waals surface area contributed by atoms with Crippen molar-refractivity contribution >= 4 is 11.8 Å². The molecule has 0 saturated carbocycles. The minimum Gasteiger partial charge on any atom is -0.381 e. The predicted octanol–water partition coefficient (Wildman–Crippen LogP) is 2.92. The summed E-state index contributed by atoms with van der Waals surface area (Å²) in [6.45, 7) is 12.2. The van der Waals surface area contributed by atoms with Crippen LogP contribution in [0.25, 0.3) is 0 Å². The van der Waals surface area contributed by atoms with Crippen LogP contribution in [-0.4, -0.2) is 36.3 Å². The van der Waals surface area contributed by atoms with E-state index in [2.05, 4.69) is 33.0 Å². The van der Waals surface area contributed by atoms with Crippen molar-refractivity contribution in [1.82, 2.24) is 5.32 Å². The molecule has 1 saturated heterocycles. The lowest BCUT2D eigenvalue weighted by atomic mass is 9.93. The largest absolute Gasteiger partial charge is 0.381 e. The summed E-state index contributed by atoms with van der Waals surface area (Å²) in [6, 6.07) is 0.643. The van der Waals surface area contributed by atoms with E-state index in [1.54, 1.807) is 0 Å². The Morgan fingerprint density at radius 1 is 1.31 bits per heavy atom. The summed E-state index contributed by atoms with van der Waals surface area (Å²) in [7, 11) is 0. The molecule has 0 spiro atoms. The highest BCUT2D eigenvalue weighted by atomic mass is 32.2. The highest BCUT2D eigenvalue weighted by Crippen LogP contribution is 2.22. The molecular formula is C13H27NOS. The molecule has 0 aromatic carbocycles. The number of thioether (sulfide) groups is 1. The maximum atomic E-state index is 5.39. The lowest BCUT2D eigenvalue weighted by molar-refractivity contribution is 0.0562. The van der Waals surface area contributed by atoms with Crippen LogP contribution in [0.5, 0.6) is 0 Å². The second-order valence-electron chi connectivity index (χ2n) is 5.65. The van der Waals surface area contributed by atoms with Gasteiger partial charge in [0.05, 0.1) is 0 Å². The Morgan fingerprint density at radius 3 is 2.50 bits per heavy atom. The second-order valence-corrected chi connectivity index (χ2v) is 7.58. The van der Waals surface area contributed by atoms with Gasteiger partial charge in [0.2, 0.25) is 0 Å². The van der Waals surface area contributed by atoms with Crippen LogP contribution in [-0.2, 0) is 4.74 Å². The van der Waals surface area contributed by atoms with Gasteiger partial charge in [-0.25, -0.2) is 0 Å². The van der Waals surface area contributed by atoms with Gasteiger partial charge in [0.1, 0.15) is 0 Å². The molecule has 1 fully saturated rings. The Hall–Kier alpha value is 0.270. The summed E-state index contributed by atoms with van der Waals surface area (Å²) in [4.78, 5) is 0. The van der Waals surface area contributed by atoms with Crippen molar-refractivity contribution in [2.45, 2.75) is 51.3 Å². The lowest BCUT2D eigenvalue weighted by Crippen LogP contribution is -2.38. The normalized spacial score (nSPS) is 21.0. The lowest BCUT2D eigenvalue weighted by Gasteiger charge is -2.28. The van der Waals surface area contributed by atoms with Crippen molar-refractivity contribution in [3.05, 3.63) is 0 Å². The first-order chi connectivity index (χ1) is 7.49. The van der Waals surface area contributed by atoms with Crippen LogP contribution in [0.3, 0.4) is 0 Å². The molecule has 1 aliphatic rings. The van der Waals surface area contributed by atoms with Crippen molar-refractivity contribution in [1.29, 1.82) is 0 Å². The number of hydrogen-bond acceptors (Lipinski definition) is 3. The molecule has 2 nitrogen and oxygen atoms in total. The third-order valence-corrected chi connectivity index (χ3v) is 4.35. The molecule has 0 aromatic heterocycles. The summed E-state index contributed by atoms with van der Waals surface area (Å²) in [5, 5.41) is 3.65. The van der Waals surface area contributed by atoms with Crippen molar-refractivity contribution < 1.29 is 4.74 Å². The summed E-state index contributed by atoms with van der Waals surface area (Å²) in [6.07, 6.45) is 2.45. The molecule has 1 N–H and O–H groups in total. The maximum Gasteiger partial charge on any atom is 0.0469 e. The van der Waals surface area contributed by atoms with Gasteiger partial charge in [0.25, 0.3) is 0 Å². The molecule has 0 bridgehead atoms. The van der Waals surface area contributed by atoms with E-state index in [1.807, 2.05) is 11.8 Å². The Bertz CT molecular complexity index is 185. The van der Waals surface area contributed by atoms with Crippen LogP contribution in [0.4, 0.5) is 0 Å². The van der Waals surface area contributed by atoms with Crippen LogP contribution in [0.1, 0.15) is 40.5 Å². The van der Waals surface area contributed by atoms with Gasteiger partial charge >= 0.3 is 0 Å². The highest BCUT2D eigenvalue weighted by molar-refractivity contribution is 8.00. The van der Waals surface area contributed by atoms with Gasteiger partial charge in [-0.05, 0) is 25.7 Å². The van der Waals surface area contributed by atoms with Crippen LogP contribution in [0, 0.1) is 5.92 Å². The molecule has 0 radical (unpaired) electrons. The van der Waals surface area contributed by atoms with E-state index in [-0.39, 0.29) is 0 Å². The van der Waals surface area contributed by atoms with Gasteiger partial charge in [0, 0.05) is 36.3 Å². The third kappa shape index (κ3) is 6.12. The van der Waals surface area contributed by atoms with Crippen molar-refractivity contribution in [3.8, 4) is 0 Å². The number of nitrogens with one attached hydrogen (secondary N) is 1. The van der Waals surface area contributed by atoms with Gasteiger partial charge in [-0.15, -0.1) is 0 Å². The van der Waals surface area contributed by atoms with Crippen molar-refractivity contribution in [2.24, 2.45) is 5.92 Å². The Morgan fingerprint density at radius 2 is 1.94 bits per heavy atom. The van der Waals surface area contributed by atoms with E-state index in [9.17, 15) is 0 Å². The summed E-state index contributed by atoms with van der Waals surface area (Å²) in [5.41, 5.74) is 0. The first-order valence-electron chi connectivity index (χ1n) is 6.44. The fourth-order valence-electron chi connectivity index (χ4n) is 2.03. The van der Waals surface area contributed by atoms with Crippen LogP contribution >= 0.6 is 11.8 Å². The standard InChI is InChI=1S/C13H27NOS/c1-11(12-5-8-15-9-6-12)14-7-10-16-13(2,3)4/h11-12,14H,5-10H2,1-4H3/t11-/m1/s1. The van der Waals surface area contributed by atoms with Gasteiger partial charge in [0.15, 0.2) is 0 Å². The summed E-state index contributed by atoms with van der Waals surface area (Å²) in [5.74, 6) is 2.02. The second kappa shape index (κ2) is 6.87.